The molecule has 0 bridgehead atoms. The molecule has 0 aliphatic heterocycles. The molecular formula is C44H38Cl2SiZr. The largest absolute Gasteiger partial charge is 0.144 e. The summed E-state index contributed by atoms with van der Waals surface area (Å²) in [7, 11) is 11.0. The van der Waals surface area contributed by atoms with Crippen molar-refractivity contribution in [3.63, 3.8) is 0 Å². The first-order valence-corrected chi connectivity index (χ1v) is 24.3. The molecule has 0 heterocycles. The number of aryl methyl sites for hydroxylation is 2. The summed E-state index contributed by atoms with van der Waals surface area (Å²) in [6.07, 6.45) is 0. The first-order valence-electron chi connectivity index (χ1n) is 16.0. The Morgan fingerprint density at radius 3 is 1.73 bits per heavy atom. The molecule has 0 N–H and O–H groups in total. The van der Waals surface area contributed by atoms with E-state index < -0.39 is 20.8 Å². The van der Waals surface area contributed by atoms with E-state index in [0.717, 1.165) is 9.52 Å². The van der Waals surface area contributed by atoms with Crippen LogP contribution in [0.5, 0.6) is 0 Å². The quantitative estimate of drug-likeness (QED) is 0.124. The third-order valence-electron chi connectivity index (χ3n) is 8.27. The number of fused-ring (bicyclic) bond motifs is 3. The fourth-order valence-corrected chi connectivity index (χ4v) is 6.20. The van der Waals surface area contributed by atoms with E-state index in [-0.39, 0.29) is 0 Å². The maximum atomic E-state index is 4.93. The smallest absolute Gasteiger partial charge is 0.0253 e. The minimum atomic E-state index is -0.826. The molecule has 0 aliphatic rings. The number of rotatable bonds is 3. The van der Waals surface area contributed by atoms with E-state index in [0.29, 0.717) is 0 Å². The van der Waals surface area contributed by atoms with Crippen molar-refractivity contribution in [3.8, 4) is 33.4 Å². The summed E-state index contributed by atoms with van der Waals surface area (Å²) >= 11 is -0.826. The van der Waals surface area contributed by atoms with E-state index in [1.54, 1.807) is 0 Å². The number of hydrogen-bond donors (Lipinski definition) is 0. The molecule has 0 saturated carbocycles. The Kier molecular flexibility index (Phi) is 13.2. The average Bonchev–Trinajstić information content (AvgIpc) is 3.74. The zero-order valence-electron chi connectivity index (χ0n) is 27.8. The summed E-state index contributed by atoms with van der Waals surface area (Å²) in [5.74, 6) is 0. The van der Waals surface area contributed by atoms with Crippen LogP contribution in [-0.2, 0) is 20.8 Å². The van der Waals surface area contributed by atoms with Crippen LogP contribution < -0.4 is 0 Å². The standard InChI is InChI=1S/C25H17.C17H15.C2H6Si.2ClH.Zr/c1-2-8-18(9-3-1)23-14-7-12-20-16-21(17-25(20)23)24-15-6-11-19-10-4-5-13-22(19)24;1-12-10-16-13(2)8-9-15(17(16)11-12)14-6-4-3-5-7-14;1-3-2;;;/h1-17H;3-11H,1-2H3;1-2H3;2*1H;/q2*-1;;;;+4/p-2. The fraction of sp³-hybridized carbons (Fsp3) is 0.0909. The molecule has 0 aliphatic carbocycles. The van der Waals surface area contributed by atoms with Gasteiger partial charge in [-0.1, -0.05) is 165 Å². The van der Waals surface area contributed by atoms with Gasteiger partial charge in [-0.2, -0.15) is 6.07 Å². The molecule has 48 heavy (non-hydrogen) atoms. The summed E-state index contributed by atoms with van der Waals surface area (Å²) < 4.78 is 0. The van der Waals surface area contributed by atoms with Crippen molar-refractivity contribution in [2.75, 3.05) is 0 Å². The van der Waals surface area contributed by atoms with E-state index in [4.69, 9.17) is 17.0 Å². The van der Waals surface area contributed by atoms with Gasteiger partial charge >= 0.3 is 37.9 Å². The second-order valence-electron chi connectivity index (χ2n) is 11.7. The van der Waals surface area contributed by atoms with Gasteiger partial charge in [-0.05, 0) is 21.9 Å². The Labute approximate surface area is 306 Å². The summed E-state index contributed by atoms with van der Waals surface area (Å²) in [5, 5.41) is 7.95. The predicted octanol–water partition coefficient (Wildman–Crippen LogP) is 14.1. The van der Waals surface area contributed by atoms with Gasteiger partial charge in [-0.25, -0.2) is 0 Å². The van der Waals surface area contributed by atoms with Gasteiger partial charge in [-0.3, -0.25) is 0 Å². The Morgan fingerprint density at radius 2 is 1.06 bits per heavy atom. The van der Waals surface area contributed by atoms with Crippen LogP contribution in [0.2, 0.25) is 13.1 Å². The Morgan fingerprint density at radius 1 is 0.521 bits per heavy atom. The van der Waals surface area contributed by atoms with Crippen molar-refractivity contribution >= 4 is 58.9 Å². The third-order valence-corrected chi connectivity index (χ3v) is 8.27. The van der Waals surface area contributed by atoms with E-state index in [2.05, 4.69) is 185 Å². The number of benzene rings is 6. The van der Waals surface area contributed by atoms with Gasteiger partial charge in [0.25, 0.3) is 0 Å². The fourth-order valence-electron chi connectivity index (χ4n) is 6.20. The van der Waals surface area contributed by atoms with Crippen molar-refractivity contribution in [2.24, 2.45) is 0 Å². The summed E-state index contributed by atoms with van der Waals surface area (Å²) in [4.78, 5) is 0. The molecule has 0 atom stereocenters. The van der Waals surface area contributed by atoms with Crippen LogP contribution in [0.15, 0.2) is 158 Å². The average molecular weight is 757 g/mol. The zero-order chi connectivity index (χ0) is 33.9. The molecule has 0 fully saturated rings. The molecule has 0 nitrogen and oxygen atoms in total. The maximum absolute atomic E-state index is 4.93. The van der Waals surface area contributed by atoms with E-state index in [1.165, 1.54) is 76.8 Å². The minimum absolute atomic E-state index is 0.826. The second kappa shape index (κ2) is 17.8. The summed E-state index contributed by atoms with van der Waals surface area (Å²) in [6, 6.07) is 56.6. The van der Waals surface area contributed by atoms with Crippen LogP contribution in [0.1, 0.15) is 11.1 Å². The SMILES string of the molecule is C[Si]C.Cc1cc2c(-c3ccccc3)ccc(C)c2[cH-]1.[Cl][Zr+2][Cl].c1ccc(-c2cccc3[cH-]c(-c4cccc5ccccc45)cc23)cc1. The Bertz CT molecular complexity index is 2190. The first-order chi connectivity index (χ1) is 23.5. The van der Waals surface area contributed by atoms with Gasteiger partial charge in [0.1, 0.15) is 0 Å². The molecule has 0 amide bonds. The van der Waals surface area contributed by atoms with Crippen LogP contribution >= 0.6 is 17.0 Å². The number of hydrogen-bond acceptors (Lipinski definition) is 0. The van der Waals surface area contributed by atoms with E-state index in [1.807, 2.05) is 0 Å². The van der Waals surface area contributed by atoms with Crippen molar-refractivity contribution in [3.05, 3.63) is 169 Å². The van der Waals surface area contributed by atoms with Crippen molar-refractivity contribution < 1.29 is 20.8 Å². The topological polar surface area (TPSA) is 0 Å². The predicted molar refractivity (Wildman–Crippen MR) is 212 cm³/mol. The van der Waals surface area contributed by atoms with Crippen LogP contribution in [0, 0.1) is 13.8 Å². The molecule has 4 heteroatoms. The van der Waals surface area contributed by atoms with E-state index >= 15 is 0 Å². The Balaban J connectivity index is 0.000000170. The van der Waals surface area contributed by atoms with Gasteiger partial charge in [0.05, 0.1) is 0 Å². The second-order valence-corrected chi connectivity index (χ2v) is 16.4. The van der Waals surface area contributed by atoms with Gasteiger partial charge in [0.2, 0.25) is 0 Å². The van der Waals surface area contributed by atoms with Crippen LogP contribution in [0.25, 0.3) is 65.7 Å². The van der Waals surface area contributed by atoms with Crippen LogP contribution in [0.4, 0.5) is 0 Å². The van der Waals surface area contributed by atoms with Gasteiger partial charge in [0, 0.05) is 9.52 Å². The summed E-state index contributed by atoms with van der Waals surface area (Å²) in [6.45, 7) is 8.64. The van der Waals surface area contributed by atoms with Crippen molar-refractivity contribution in [2.45, 2.75) is 26.9 Å². The molecule has 8 rings (SSSR count). The third kappa shape index (κ3) is 8.55. The van der Waals surface area contributed by atoms with E-state index in [9.17, 15) is 0 Å². The molecule has 2 radical (unpaired) electrons. The molecule has 0 saturated heterocycles. The zero-order valence-corrected chi connectivity index (χ0v) is 32.7. The summed E-state index contributed by atoms with van der Waals surface area (Å²) in [5.41, 5.74) is 10.5. The Hall–Kier alpha value is -3.52. The normalized spacial score (nSPS) is 10.3. The van der Waals surface area contributed by atoms with Crippen LogP contribution in [0.3, 0.4) is 0 Å². The molecule has 8 aromatic carbocycles. The van der Waals surface area contributed by atoms with Gasteiger partial charge in [0.15, 0.2) is 0 Å². The van der Waals surface area contributed by atoms with Crippen LogP contribution in [-0.4, -0.2) is 9.52 Å². The van der Waals surface area contributed by atoms with Gasteiger partial charge in [-0.15, -0.1) is 68.6 Å². The molecule has 236 valence electrons. The molecule has 0 spiro atoms. The minimum Gasteiger partial charge on any atom is -0.144 e. The molecule has 0 aromatic heterocycles. The number of halogens is 2. The van der Waals surface area contributed by atoms with Gasteiger partial charge < -0.3 is 0 Å². The molecule has 8 aromatic rings. The first kappa shape index (κ1) is 35.8. The maximum Gasteiger partial charge on any atom is -0.0253 e. The van der Waals surface area contributed by atoms with Crippen molar-refractivity contribution in [1.82, 2.24) is 0 Å². The van der Waals surface area contributed by atoms with Crippen molar-refractivity contribution in [1.29, 1.82) is 0 Å². The molecule has 0 unspecified atom stereocenters. The monoisotopic (exact) mass is 754 g/mol. The molecular weight excluding hydrogens is 719 g/mol.